The van der Waals surface area contributed by atoms with Gasteiger partial charge in [-0.1, -0.05) is 92.8 Å². The maximum atomic E-state index is 13.3. The Kier molecular flexibility index (Phi) is 7.53. The number of carbonyl (C=O) groups is 4. The summed E-state index contributed by atoms with van der Waals surface area (Å²) < 4.78 is 0. The summed E-state index contributed by atoms with van der Waals surface area (Å²) in [5, 5.41) is 1.24. The average Bonchev–Trinajstić information content (AvgIpc) is 3.32. The molecule has 2 aromatic carbocycles. The van der Waals surface area contributed by atoms with E-state index in [9.17, 15) is 19.2 Å². The molecule has 0 aromatic heterocycles. The Hall–Kier alpha value is -0.960. The SMILES string of the molecule is O=C1[C@@H]2Cc3c(Cl)c(Cl)c(Cl)c(Cl)c3C[C@H]2C(=O)N1CCN1C(=O)[C@@H]2Cc3c(Cl)c(Cl)c(Cl)c(Cl)c3C[C@H]2C1=O. The lowest BCUT2D eigenvalue weighted by molar-refractivity contribution is -0.145. The molecule has 4 aliphatic rings. The number of likely N-dealkylation sites (tertiary alicyclic amines) is 2. The monoisotopic (exact) mass is 700 g/mol. The molecule has 0 radical (unpaired) electrons. The van der Waals surface area contributed by atoms with Crippen LogP contribution in [0.4, 0.5) is 0 Å². The highest BCUT2D eigenvalue weighted by molar-refractivity contribution is 6.53. The first-order chi connectivity index (χ1) is 18.8. The Morgan fingerprint density at radius 3 is 0.800 bits per heavy atom. The van der Waals surface area contributed by atoms with Crippen LogP contribution in [0.25, 0.3) is 0 Å². The summed E-state index contributed by atoms with van der Waals surface area (Å²) in [5.41, 5.74) is 2.38. The summed E-state index contributed by atoms with van der Waals surface area (Å²) in [4.78, 5) is 55.6. The van der Waals surface area contributed by atoms with Crippen molar-refractivity contribution in [2.75, 3.05) is 13.1 Å². The number of imide groups is 2. The smallest absolute Gasteiger partial charge is 0.233 e. The van der Waals surface area contributed by atoms with Gasteiger partial charge >= 0.3 is 0 Å². The van der Waals surface area contributed by atoms with E-state index in [4.69, 9.17) is 92.8 Å². The Bertz CT molecular complexity index is 1350. The maximum absolute atomic E-state index is 13.3. The average molecular weight is 704 g/mol. The zero-order valence-corrected chi connectivity index (χ0v) is 26.2. The molecule has 0 N–H and O–H groups in total. The van der Waals surface area contributed by atoms with Crippen molar-refractivity contribution in [3.05, 3.63) is 62.4 Å². The van der Waals surface area contributed by atoms with Crippen molar-refractivity contribution in [3.63, 3.8) is 0 Å². The minimum atomic E-state index is -0.661. The fraction of sp³-hybridized carbons (Fsp3) is 0.385. The van der Waals surface area contributed by atoms with Crippen LogP contribution in [-0.4, -0.2) is 46.5 Å². The van der Waals surface area contributed by atoms with Crippen molar-refractivity contribution >= 4 is 116 Å². The standard InChI is InChI=1S/C26H16Cl8N2O4/c27-15-7-3-11-12(4-8(7)16(28)20(32)19(15)31)24(38)35(23(11)37)1-2-36-25(39)13-5-9-10(6-14(13)26(36)40)18(30)22(34)21(33)17(9)29/h11-14H,1-6H2/t11-,12-,13-,14-/m1/s1. The zero-order chi connectivity index (χ0) is 28.9. The van der Waals surface area contributed by atoms with E-state index in [1.165, 1.54) is 0 Å². The lowest BCUT2D eigenvalue weighted by Gasteiger charge is -2.27. The molecule has 2 aromatic rings. The third kappa shape index (κ3) is 4.12. The molecule has 14 heteroatoms. The summed E-state index contributed by atoms with van der Waals surface area (Å²) >= 11 is 50.5. The molecule has 4 atom stereocenters. The predicted molar refractivity (Wildman–Crippen MR) is 155 cm³/mol. The summed E-state index contributed by atoms with van der Waals surface area (Å²) in [7, 11) is 0. The first kappa shape index (κ1) is 29.1. The molecule has 6 rings (SSSR count). The number of rotatable bonds is 3. The summed E-state index contributed by atoms with van der Waals surface area (Å²) in [5.74, 6) is -4.23. The van der Waals surface area contributed by atoms with E-state index in [0.717, 1.165) is 9.80 Å². The van der Waals surface area contributed by atoms with Crippen LogP contribution in [-0.2, 0) is 44.9 Å². The first-order valence-corrected chi connectivity index (χ1v) is 15.2. The van der Waals surface area contributed by atoms with Crippen LogP contribution in [0.15, 0.2) is 0 Å². The summed E-state index contributed by atoms with van der Waals surface area (Å²) in [6.07, 6.45) is 0.695. The number of amides is 4. The van der Waals surface area contributed by atoms with Gasteiger partial charge in [-0.25, -0.2) is 0 Å². The fourth-order valence-corrected chi connectivity index (χ4v) is 8.61. The Balaban J connectivity index is 1.21. The van der Waals surface area contributed by atoms with E-state index in [2.05, 4.69) is 0 Å². The van der Waals surface area contributed by atoms with Crippen molar-refractivity contribution in [1.29, 1.82) is 0 Å². The van der Waals surface area contributed by atoms with Crippen molar-refractivity contribution in [2.24, 2.45) is 23.7 Å². The highest BCUT2D eigenvalue weighted by atomic mass is 35.5. The van der Waals surface area contributed by atoms with E-state index < -0.39 is 47.3 Å². The molecule has 0 unspecified atom stereocenters. The minimum Gasteiger partial charge on any atom is -0.280 e. The van der Waals surface area contributed by atoms with E-state index in [0.29, 0.717) is 22.3 Å². The zero-order valence-electron chi connectivity index (χ0n) is 20.1. The number of nitrogens with zero attached hydrogens (tertiary/aromatic N) is 2. The van der Waals surface area contributed by atoms with Crippen molar-refractivity contribution in [1.82, 2.24) is 9.80 Å². The van der Waals surface area contributed by atoms with Gasteiger partial charge in [0.2, 0.25) is 23.6 Å². The lowest BCUT2D eigenvalue weighted by Crippen LogP contribution is -2.41. The van der Waals surface area contributed by atoms with E-state index in [1.54, 1.807) is 0 Å². The number of halogens is 8. The van der Waals surface area contributed by atoms with Crippen LogP contribution in [0.1, 0.15) is 22.3 Å². The summed E-state index contributed by atoms with van der Waals surface area (Å²) in [6, 6.07) is 0. The molecule has 0 saturated carbocycles. The molecule has 0 bridgehead atoms. The summed E-state index contributed by atoms with van der Waals surface area (Å²) in [6.45, 7) is -0.264. The van der Waals surface area contributed by atoms with Gasteiger partial charge in [0, 0.05) is 13.1 Å². The second kappa shape index (κ2) is 10.3. The van der Waals surface area contributed by atoms with Gasteiger partial charge in [-0.3, -0.25) is 29.0 Å². The molecule has 4 amide bonds. The molecule has 0 spiro atoms. The first-order valence-electron chi connectivity index (χ1n) is 12.2. The third-order valence-electron chi connectivity index (χ3n) is 8.49. The van der Waals surface area contributed by atoms with Gasteiger partial charge in [-0.15, -0.1) is 0 Å². The molecule has 2 heterocycles. The quantitative estimate of drug-likeness (QED) is 0.196. The predicted octanol–water partition coefficient (Wildman–Crippen LogP) is 7.01. The molecule has 2 fully saturated rings. The van der Waals surface area contributed by atoms with Gasteiger partial charge in [0.1, 0.15) is 0 Å². The number of hydrogen-bond acceptors (Lipinski definition) is 4. The number of fused-ring (bicyclic) bond motifs is 4. The van der Waals surface area contributed by atoms with Crippen LogP contribution in [0.2, 0.25) is 40.2 Å². The van der Waals surface area contributed by atoms with Gasteiger partial charge in [0.15, 0.2) is 0 Å². The molecule has 40 heavy (non-hydrogen) atoms. The largest absolute Gasteiger partial charge is 0.280 e. The Labute approximate surface area is 268 Å². The fourth-order valence-electron chi connectivity index (χ4n) is 6.44. The molecular weight excluding hydrogens is 688 g/mol. The molecule has 2 aliphatic heterocycles. The van der Waals surface area contributed by atoms with Crippen molar-refractivity contribution < 1.29 is 19.2 Å². The maximum Gasteiger partial charge on any atom is 0.233 e. The second-order valence-electron chi connectivity index (χ2n) is 10.3. The number of carbonyl (C=O) groups excluding carboxylic acids is 4. The van der Waals surface area contributed by atoms with Crippen molar-refractivity contribution in [3.8, 4) is 0 Å². The van der Waals surface area contributed by atoms with Crippen LogP contribution < -0.4 is 0 Å². The highest BCUT2D eigenvalue weighted by Gasteiger charge is 2.53. The molecule has 2 saturated heterocycles. The highest BCUT2D eigenvalue weighted by Crippen LogP contribution is 2.50. The van der Waals surface area contributed by atoms with Gasteiger partial charge in [-0.05, 0) is 47.9 Å². The van der Waals surface area contributed by atoms with Crippen LogP contribution in [0.5, 0.6) is 0 Å². The molecular formula is C26H16Cl8N2O4. The van der Waals surface area contributed by atoms with Crippen molar-refractivity contribution in [2.45, 2.75) is 25.7 Å². The normalized spacial score (nSPS) is 25.4. The van der Waals surface area contributed by atoms with Gasteiger partial charge in [0.25, 0.3) is 0 Å². The van der Waals surface area contributed by atoms with E-state index in [-0.39, 0.29) is 79.0 Å². The minimum absolute atomic E-state index is 0.0981. The van der Waals surface area contributed by atoms with Crippen LogP contribution >= 0.6 is 92.8 Å². The molecule has 6 nitrogen and oxygen atoms in total. The Morgan fingerprint density at radius 1 is 0.400 bits per heavy atom. The number of hydrogen-bond donors (Lipinski definition) is 0. The van der Waals surface area contributed by atoms with Crippen LogP contribution in [0, 0.1) is 23.7 Å². The third-order valence-corrected chi connectivity index (χ3v) is 12.3. The number of benzene rings is 2. The van der Waals surface area contributed by atoms with E-state index >= 15 is 0 Å². The topological polar surface area (TPSA) is 74.8 Å². The van der Waals surface area contributed by atoms with Gasteiger partial charge < -0.3 is 0 Å². The van der Waals surface area contributed by atoms with E-state index in [1.807, 2.05) is 0 Å². The Morgan fingerprint density at radius 2 is 0.600 bits per heavy atom. The molecule has 210 valence electrons. The molecule has 2 aliphatic carbocycles. The second-order valence-corrected chi connectivity index (χ2v) is 13.3. The lowest BCUT2D eigenvalue weighted by atomic mass is 9.77. The van der Waals surface area contributed by atoms with Gasteiger partial charge in [-0.2, -0.15) is 0 Å². The van der Waals surface area contributed by atoms with Gasteiger partial charge in [0.05, 0.1) is 63.9 Å². The van der Waals surface area contributed by atoms with Crippen LogP contribution in [0.3, 0.4) is 0 Å².